The summed E-state index contributed by atoms with van der Waals surface area (Å²) in [5.74, 6) is 0.709. The van der Waals surface area contributed by atoms with Gasteiger partial charge in [-0.05, 0) is 48.9 Å². The van der Waals surface area contributed by atoms with Crippen molar-refractivity contribution in [1.29, 1.82) is 0 Å². The van der Waals surface area contributed by atoms with Crippen molar-refractivity contribution in [2.45, 2.75) is 17.9 Å². The monoisotopic (exact) mass is 461 g/mol. The summed E-state index contributed by atoms with van der Waals surface area (Å²) in [5.41, 5.74) is 2.98. The largest absolute Gasteiger partial charge is 0.497 e. The Balaban J connectivity index is 1.84. The summed E-state index contributed by atoms with van der Waals surface area (Å²) in [7, 11) is -1.71. The van der Waals surface area contributed by atoms with Gasteiger partial charge in [0.15, 0.2) is 9.84 Å². The Morgan fingerprint density at radius 2 is 1.75 bits per heavy atom. The van der Waals surface area contributed by atoms with Crippen LogP contribution < -0.4 is 4.74 Å². The molecule has 0 unspecified atom stereocenters. The fraction of sp³-hybridized carbons (Fsp3) is 0.286. The maximum atomic E-state index is 11.8. The molecule has 0 saturated carbocycles. The van der Waals surface area contributed by atoms with Crippen LogP contribution in [-0.2, 0) is 26.0 Å². The number of hydrogen-bond acceptors (Lipinski definition) is 8. The van der Waals surface area contributed by atoms with Crippen molar-refractivity contribution in [2.24, 2.45) is 0 Å². The van der Waals surface area contributed by atoms with Crippen molar-refractivity contribution in [3.8, 4) is 22.7 Å². The average Bonchev–Trinajstić information content (AvgIpc) is 3.19. The van der Waals surface area contributed by atoms with Crippen LogP contribution in [0.2, 0.25) is 0 Å². The van der Waals surface area contributed by atoms with E-state index in [1.807, 2.05) is 30.3 Å². The molecule has 2 aromatic carbocycles. The molecule has 0 fully saturated rings. The van der Waals surface area contributed by atoms with Gasteiger partial charge in [-0.3, -0.25) is 0 Å². The van der Waals surface area contributed by atoms with Crippen molar-refractivity contribution in [3.05, 3.63) is 70.4 Å². The molecule has 0 aliphatic heterocycles. The Morgan fingerprint density at radius 1 is 1.06 bits per heavy atom. The van der Waals surface area contributed by atoms with E-state index in [0.717, 1.165) is 23.2 Å². The SMILES string of the molecule is COc1ccc(-n2nc(COCCCO[N+](=O)[O-])cc2-c2ccc(S(C)(=O)=O)cc2)cc1. The lowest BCUT2D eigenvalue weighted by Crippen LogP contribution is -2.06. The highest BCUT2D eigenvalue weighted by Crippen LogP contribution is 2.26. The number of nitrogens with zero attached hydrogens (tertiary/aromatic N) is 3. The molecule has 1 aromatic heterocycles. The van der Waals surface area contributed by atoms with Crippen LogP contribution in [0.1, 0.15) is 12.1 Å². The first kappa shape index (κ1) is 23.2. The second kappa shape index (κ2) is 10.2. The molecule has 0 atom stereocenters. The number of hydrogen-bond donors (Lipinski definition) is 0. The molecule has 0 N–H and O–H groups in total. The van der Waals surface area contributed by atoms with Gasteiger partial charge in [0.2, 0.25) is 0 Å². The van der Waals surface area contributed by atoms with Gasteiger partial charge < -0.3 is 14.3 Å². The third-order valence-corrected chi connectivity index (χ3v) is 5.66. The van der Waals surface area contributed by atoms with Crippen LogP contribution in [-0.4, -0.2) is 49.9 Å². The van der Waals surface area contributed by atoms with Crippen LogP contribution in [0.4, 0.5) is 0 Å². The Hall–Kier alpha value is -3.44. The lowest BCUT2D eigenvalue weighted by molar-refractivity contribution is -0.757. The molecular weight excluding hydrogens is 438 g/mol. The van der Waals surface area contributed by atoms with Crippen LogP contribution in [0.15, 0.2) is 59.5 Å². The molecule has 0 spiro atoms. The van der Waals surface area contributed by atoms with Gasteiger partial charge in [-0.25, -0.2) is 13.1 Å². The zero-order chi connectivity index (χ0) is 23.1. The summed E-state index contributed by atoms with van der Waals surface area (Å²) in [6, 6.07) is 15.8. The number of ether oxygens (including phenoxy) is 2. The normalized spacial score (nSPS) is 11.3. The zero-order valence-corrected chi connectivity index (χ0v) is 18.4. The first-order chi connectivity index (χ1) is 15.3. The van der Waals surface area contributed by atoms with Gasteiger partial charge in [0.1, 0.15) is 5.75 Å². The molecule has 0 radical (unpaired) electrons. The fourth-order valence-corrected chi connectivity index (χ4v) is 3.61. The highest BCUT2D eigenvalue weighted by molar-refractivity contribution is 7.90. The molecule has 0 aliphatic rings. The third-order valence-electron chi connectivity index (χ3n) is 4.53. The van der Waals surface area contributed by atoms with Crippen molar-refractivity contribution in [3.63, 3.8) is 0 Å². The molecule has 32 heavy (non-hydrogen) atoms. The van der Waals surface area contributed by atoms with Gasteiger partial charge in [-0.1, -0.05) is 12.1 Å². The second-order valence-corrected chi connectivity index (χ2v) is 8.91. The predicted molar refractivity (Wildman–Crippen MR) is 116 cm³/mol. The van der Waals surface area contributed by atoms with E-state index in [-0.39, 0.29) is 24.7 Å². The molecule has 3 aromatic rings. The first-order valence-electron chi connectivity index (χ1n) is 9.67. The quantitative estimate of drug-likeness (QED) is 0.242. The van der Waals surface area contributed by atoms with E-state index in [4.69, 9.17) is 9.47 Å². The van der Waals surface area contributed by atoms with E-state index in [9.17, 15) is 18.5 Å². The van der Waals surface area contributed by atoms with Gasteiger partial charge in [0, 0.05) is 18.4 Å². The third kappa shape index (κ3) is 6.05. The van der Waals surface area contributed by atoms with Crippen LogP contribution in [0.5, 0.6) is 5.75 Å². The minimum Gasteiger partial charge on any atom is -0.497 e. The Bertz CT molecular complexity index is 1160. The van der Waals surface area contributed by atoms with Gasteiger partial charge in [0.05, 0.1) is 42.3 Å². The summed E-state index contributed by atoms with van der Waals surface area (Å²) in [5, 5.41) is 14.0. The van der Waals surface area contributed by atoms with E-state index in [2.05, 4.69) is 9.94 Å². The highest BCUT2D eigenvalue weighted by atomic mass is 32.2. The van der Waals surface area contributed by atoms with Gasteiger partial charge in [0.25, 0.3) is 5.09 Å². The number of rotatable bonds is 11. The Labute approximate surface area is 185 Å². The minimum absolute atomic E-state index is 0.0365. The van der Waals surface area contributed by atoms with Crippen LogP contribution >= 0.6 is 0 Å². The first-order valence-corrected chi connectivity index (χ1v) is 11.6. The van der Waals surface area contributed by atoms with Crippen LogP contribution in [0.3, 0.4) is 0 Å². The Kier molecular flexibility index (Phi) is 7.44. The number of benzene rings is 2. The molecule has 3 rings (SSSR count). The summed E-state index contributed by atoms with van der Waals surface area (Å²) in [6.07, 6.45) is 1.54. The van der Waals surface area contributed by atoms with Crippen molar-refractivity contribution in [2.75, 3.05) is 26.6 Å². The number of methoxy groups -OCH3 is 1. The maximum absolute atomic E-state index is 11.8. The van der Waals surface area contributed by atoms with E-state index in [1.165, 1.54) is 0 Å². The molecular formula is C21H23N3O7S. The lowest BCUT2D eigenvalue weighted by Gasteiger charge is -2.09. The summed E-state index contributed by atoms with van der Waals surface area (Å²) in [4.78, 5) is 14.7. The zero-order valence-electron chi connectivity index (χ0n) is 17.6. The smallest absolute Gasteiger partial charge is 0.294 e. The molecule has 11 heteroatoms. The number of aromatic nitrogens is 2. The lowest BCUT2D eigenvalue weighted by atomic mass is 10.1. The fourth-order valence-electron chi connectivity index (χ4n) is 2.98. The van der Waals surface area contributed by atoms with E-state index in [0.29, 0.717) is 17.9 Å². The topological polar surface area (TPSA) is 123 Å². The molecule has 1 heterocycles. The average molecular weight is 461 g/mol. The minimum atomic E-state index is -3.30. The van der Waals surface area contributed by atoms with Crippen molar-refractivity contribution < 1.29 is 27.8 Å². The maximum Gasteiger partial charge on any atom is 0.294 e. The van der Waals surface area contributed by atoms with Crippen LogP contribution in [0, 0.1) is 10.1 Å². The van der Waals surface area contributed by atoms with E-state index < -0.39 is 14.9 Å². The van der Waals surface area contributed by atoms with Gasteiger partial charge >= 0.3 is 0 Å². The predicted octanol–water partition coefficient (Wildman–Crippen LogP) is 3.07. The van der Waals surface area contributed by atoms with Crippen molar-refractivity contribution in [1.82, 2.24) is 9.78 Å². The molecule has 0 saturated heterocycles. The summed E-state index contributed by atoms with van der Waals surface area (Å²) in [6.45, 7) is 0.447. The van der Waals surface area contributed by atoms with Gasteiger partial charge in [-0.15, -0.1) is 10.1 Å². The highest BCUT2D eigenvalue weighted by Gasteiger charge is 2.14. The molecule has 170 valence electrons. The molecule has 0 aliphatic carbocycles. The van der Waals surface area contributed by atoms with E-state index in [1.54, 1.807) is 36.1 Å². The molecule has 0 amide bonds. The van der Waals surface area contributed by atoms with E-state index >= 15 is 0 Å². The number of sulfone groups is 1. The summed E-state index contributed by atoms with van der Waals surface area (Å²) >= 11 is 0. The van der Waals surface area contributed by atoms with Gasteiger partial charge in [-0.2, -0.15) is 5.10 Å². The standard InChI is InChI=1S/C21H23N3O7S/c1-29-19-8-6-18(7-9-19)23-21(16-4-10-20(11-5-16)32(2,27)28)14-17(22-23)15-30-12-3-13-31-24(25)26/h4-11,14H,3,12-13,15H2,1-2H3. The van der Waals surface area contributed by atoms with Crippen LogP contribution in [0.25, 0.3) is 16.9 Å². The summed E-state index contributed by atoms with van der Waals surface area (Å²) < 4.78 is 36.1. The second-order valence-electron chi connectivity index (χ2n) is 6.89. The Morgan fingerprint density at radius 3 is 2.34 bits per heavy atom. The molecule has 10 nitrogen and oxygen atoms in total. The molecule has 0 bridgehead atoms. The van der Waals surface area contributed by atoms with Crippen molar-refractivity contribution >= 4 is 9.84 Å².